The molecular weight excluding hydrogens is 246 g/mol. The number of aryl methyl sites for hydroxylation is 1. The standard InChI is InChI=1S/C15H10F2N2/c1-9-8-10-11(16)5-6-12(17)15(10)19-14(9)13-4-2-3-7-18-13/h2-8H,1H3. The van der Waals surface area contributed by atoms with Crippen molar-refractivity contribution in [1.29, 1.82) is 0 Å². The lowest BCUT2D eigenvalue weighted by Crippen LogP contribution is -1.95. The second-order valence-electron chi connectivity index (χ2n) is 4.29. The first-order chi connectivity index (χ1) is 9.16. The van der Waals surface area contributed by atoms with Crippen LogP contribution in [0.1, 0.15) is 5.56 Å². The average molecular weight is 256 g/mol. The average Bonchev–Trinajstić information content (AvgIpc) is 2.44. The summed E-state index contributed by atoms with van der Waals surface area (Å²) in [7, 11) is 0. The summed E-state index contributed by atoms with van der Waals surface area (Å²) < 4.78 is 27.4. The fraction of sp³-hybridized carbons (Fsp3) is 0.0667. The molecule has 2 heterocycles. The number of benzene rings is 1. The number of nitrogens with zero attached hydrogens (tertiary/aromatic N) is 2. The normalized spacial score (nSPS) is 10.9. The van der Waals surface area contributed by atoms with Gasteiger partial charge in [-0.05, 0) is 42.8 Å². The van der Waals surface area contributed by atoms with Crippen LogP contribution in [0.25, 0.3) is 22.3 Å². The molecule has 0 amide bonds. The van der Waals surface area contributed by atoms with Gasteiger partial charge < -0.3 is 0 Å². The molecule has 3 rings (SSSR count). The molecule has 2 aromatic heterocycles. The molecule has 0 fully saturated rings. The Morgan fingerprint density at radius 1 is 1.00 bits per heavy atom. The summed E-state index contributed by atoms with van der Waals surface area (Å²) in [5.74, 6) is -1.01. The third-order valence-corrected chi connectivity index (χ3v) is 2.98. The highest BCUT2D eigenvalue weighted by molar-refractivity contribution is 5.83. The molecule has 0 saturated heterocycles. The predicted octanol–water partition coefficient (Wildman–Crippen LogP) is 3.88. The predicted molar refractivity (Wildman–Crippen MR) is 69.6 cm³/mol. The van der Waals surface area contributed by atoms with E-state index in [4.69, 9.17) is 0 Å². The molecular formula is C15H10F2N2. The molecule has 0 N–H and O–H groups in total. The van der Waals surface area contributed by atoms with Crippen molar-refractivity contribution in [3.05, 3.63) is 59.8 Å². The van der Waals surface area contributed by atoms with Crippen molar-refractivity contribution in [2.75, 3.05) is 0 Å². The number of hydrogen-bond donors (Lipinski definition) is 0. The summed E-state index contributed by atoms with van der Waals surface area (Å²) in [4.78, 5) is 8.42. The maximum absolute atomic E-state index is 13.7. The Balaban J connectivity index is 2.34. The molecule has 0 aliphatic carbocycles. The van der Waals surface area contributed by atoms with Gasteiger partial charge in [-0.2, -0.15) is 0 Å². The first kappa shape index (κ1) is 11.7. The van der Waals surface area contributed by atoms with Gasteiger partial charge in [0.1, 0.15) is 17.2 Å². The fourth-order valence-corrected chi connectivity index (χ4v) is 2.05. The highest BCUT2D eigenvalue weighted by atomic mass is 19.1. The Hall–Kier alpha value is -2.36. The lowest BCUT2D eigenvalue weighted by Gasteiger charge is -2.08. The Kier molecular flexibility index (Phi) is 2.71. The van der Waals surface area contributed by atoms with Crippen molar-refractivity contribution in [2.45, 2.75) is 6.92 Å². The van der Waals surface area contributed by atoms with Crippen molar-refractivity contribution in [2.24, 2.45) is 0 Å². The first-order valence-corrected chi connectivity index (χ1v) is 5.83. The van der Waals surface area contributed by atoms with Gasteiger partial charge in [-0.1, -0.05) is 6.07 Å². The van der Waals surface area contributed by atoms with Crippen LogP contribution in [0.3, 0.4) is 0 Å². The summed E-state index contributed by atoms with van der Waals surface area (Å²) in [6.07, 6.45) is 1.64. The lowest BCUT2D eigenvalue weighted by molar-refractivity contribution is 0.615. The summed E-state index contributed by atoms with van der Waals surface area (Å²) in [6, 6.07) is 9.21. The van der Waals surface area contributed by atoms with Gasteiger partial charge in [0.15, 0.2) is 0 Å². The fourth-order valence-electron chi connectivity index (χ4n) is 2.05. The largest absolute Gasteiger partial charge is 0.255 e. The third-order valence-electron chi connectivity index (χ3n) is 2.98. The van der Waals surface area contributed by atoms with Gasteiger partial charge in [0.2, 0.25) is 0 Å². The van der Waals surface area contributed by atoms with E-state index in [2.05, 4.69) is 9.97 Å². The molecule has 94 valence electrons. The first-order valence-electron chi connectivity index (χ1n) is 5.83. The van der Waals surface area contributed by atoms with E-state index >= 15 is 0 Å². The van der Waals surface area contributed by atoms with Crippen molar-refractivity contribution < 1.29 is 8.78 Å². The van der Waals surface area contributed by atoms with Gasteiger partial charge in [0.25, 0.3) is 0 Å². The smallest absolute Gasteiger partial charge is 0.149 e. The van der Waals surface area contributed by atoms with Gasteiger partial charge in [-0.15, -0.1) is 0 Å². The quantitative estimate of drug-likeness (QED) is 0.660. The summed E-state index contributed by atoms with van der Waals surface area (Å²) in [6.45, 7) is 1.81. The number of hydrogen-bond acceptors (Lipinski definition) is 2. The summed E-state index contributed by atoms with van der Waals surface area (Å²) >= 11 is 0. The van der Waals surface area contributed by atoms with Crippen LogP contribution in [-0.2, 0) is 0 Å². The number of fused-ring (bicyclic) bond motifs is 1. The molecule has 3 aromatic rings. The third kappa shape index (κ3) is 1.95. The van der Waals surface area contributed by atoms with E-state index in [9.17, 15) is 8.78 Å². The van der Waals surface area contributed by atoms with E-state index in [1.807, 2.05) is 6.07 Å². The van der Waals surface area contributed by atoms with E-state index in [-0.39, 0.29) is 10.9 Å². The topological polar surface area (TPSA) is 25.8 Å². The zero-order valence-electron chi connectivity index (χ0n) is 10.2. The Labute approximate surface area is 108 Å². The second kappa shape index (κ2) is 4.39. The minimum absolute atomic E-state index is 0.0336. The van der Waals surface area contributed by atoms with Crippen LogP contribution in [0.4, 0.5) is 8.78 Å². The maximum atomic E-state index is 13.7. The molecule has 2 nitrogen and oxygen atoms in total. The van der Waals surface area contributed by atoms with Crippen LogP contribution in [0.15, 0.2) is 42.6 Å². The van der Waals surface area contributed by atoms with Crippen LogP contribution in [0, 0.1) is 18.6 Å². The summed E-state index contributed by atoms with van der Waals surface area (Å²) in [5.41, 5.74) is 2.00. The van der Waals surface area contributed by atoms with Gasteiger partial charge >= 0.3 is 0 Å². The van der Waals surface area contributed by atoms with Crippen molar-refractivity contribution in [3.8, 4) is 11.4 Å². The molecule has 0 unspecified atom stereocenters. The second-order valence-corrected chi connectivity index (χ2v) is 4.29. The molecule has 1 aromatic carbocycles. The monoisotopic (exact) mass is 256 g/mol. The maximum Gasteiger partial charge on any atom is 0.149 e. The van der Waals surface area contributed by atoms with E-state index in [0.717, 1.165) is 17.7 Å². The number of aromatic nitrogens is 2. The highest BCUT2D eigenvalue weighted by Crippen LogP contribution is 2.26. The van der Waals surface area contributed by atoms with E-state index in [0.29, 0.717) is 11.4 Å². The number of pyridine rings is 2. The van der Waals surface area contributed by atoms with Crippen LogP contribution >= 0.6 is 0 Å². The Morgan fingerprint density at radius 2 is 1.79 bits per heavy atom. The molecule has 0 aliphatic rings. The van der Waals surface area contributed by atoms with Gasteiger partial charge in [0.05, 0.1) is 11.4 Å². The van der Waals surface area contributed by atoms with Crippen LogP contribution in [0.2, 0.25) is 0 Å². The van der Waals surface area contributed by atoms with Crippen molar-refractivity contribution in [3.63, 3.8) is 0 Å². The molecule has 19 heavy (non-hydrogen) atoms. The SMILES string of the molecule is Cc1cc2c(F)ccc(F)c2nc1-c1ccccn1. The van der Waals surface area contributed by atoms with Gasteiger partial charge in [-0.3, -0.25) is 4.98 Å². The van der Waals surface area contributed by atoms with E-state index in [1.54, 1.807) is 31.3 Å². The zero-order chi connectivity index (χ0) is 13.4. The van der Waals surface area contributed by atoms with E-state index < -0.39 is 11.6 Å². The Bertz CT molecular complexity index is 755. The molecule has 4 heteroatoms. The van der Waals surface area contributed by atoms with E-state index in [1.165, 1.54) is 0 Å². The minimum Gasteiger partial charge on any atom is -0.255 e. The van der Waals surface area contributed by atoms with Crippen molar-refractivity contribution in [1.82, 2.24) is 9.97 Å². The summed E-state index contributed by atoms with van der Waals surface area (Å²) in [5, 5.41) is 0.192. The molecule has 0 bridgehead atoms. The number of halogens is 2. The molecule has 0 atom stereocenters. The van der Waals surface area contributed by atoms with Crippen LogP contribution < -0.4 is 0 Å². The van der Waals surface area contributed by atoms with Crippen LogP contribution in [0.5, 0.6) is 0 Å². The lowest BCUT2D eigenvalue weighted by atomic mass is 10.1. The van der Waals surface area contributed by atoms with Gasteiger partial charge in [-0.25, -0.2) is 13.8 Å². The highest BCUT2D eigenvalue weighted by Gasteiger charge is 2.12. The molecule has 0 saturated carbocycles. The molecule has 0 aliphatic heterocycles. The van der Waals surface area contributed by atoms with Crippen LogP contribution in [-0.4, -0.2) is 9.97 Å². The minimum atomic E-state index is -0.534. The molecule has 0 spiro atoms. The van der Waals surface area contributed by atoms with Crippen molar-refractivity contribution >= 4 is 10.9 Å². The molecule has 0 radical (unpaired) electrons. The number of rotatable bonds is 1. The zero-order valence-corrected chi connectivity index (χ0v) is 10.2. The Morgan fingerprint density at radius 3 is 2.53 bits per heavy atom. The van der Waals surface area contributed by atoms with Gasteiger partial charge in [0, 0.05) is 11.6 Å².